The van der Waals surface area contributed by atoms with Gasteiger partial charge in [-0.15, -0.1) is 5.10 Å². The lowest BCUT2D eigenvalue weighted by atomic mass is 10.1. The third-order valence-corrected chi connectivity index (χ3v) is 4.71. The van der Waals surface area contributed by atoms with Crippen molar-refractivity contribution >= 4 is 29.1 Å². The van der Waals surface area contributed by atoms with Gasteiger partial charge in [-0.2, -0.15) is 5.10 Å². The highest BCUT2D eigenvalue weighted by Crippen LogP contribution is 2.24. The molecule has 1 heterocycles. The summed E-state index contributed by atoms with van der Waals surface area (Å²) in [6.45, 7) is 0. The number of hydrogen-bond donors (Lipinski definition) is 2. The third kappa shape index (κ3) is 4.39. The van der Waals surface area contributed by atoms with Crippen molar-refractivity contribution in [2.24, 2.45) is 10.2 Å². The van der Waals surface area contributed by atoms with E-state index in [0.717, 1.165) is 11.3 Å². The van der Waals surface area contributed by atoms with Crippen LogP contribution in [0, 0.1) is 0 Å². The number of thioether (sulfide) groups is 1. The molecule has 1 aliphatic heterocycles. The summed E-state index contributed by atoms with van der Waals surface area (Å²) in [7, 11) is 1.62. The zero-order valence-electron chi connectivity index (χ0n) is 13.5. The molecule has 0 bridgehead atoms. The predicted octanol–water partition coefficient (Wildman–Crippen LogP) is 2.57. The van der Waals surface area contributed by atoms with E-state index in [1.807, 2.05) is 24.3 Å². The molecule has 1 saturated heterocycles. The lowest BCUT2D eigenvalue weighted by Gasteiger charge is -2.06. The molecule has 25 heavy (non-hydrogen) atoms. The number of phenolic OH excluding ortho intramolecular Hbond substituents is 1. The number of rotatable bonds is 5. The van der Waals surface area contributed by atoms with Gasteiger partial charge in [0.2, 0.25) is 5.91 Å². The smallest absolute Gasteiger partial charge is 0.239 e. The van der Waals surface area contributed by atoms with Crippen LogP contribution in [0.4, 0.5) is 0 Å². The largest absolute Gasteiger partial charge is 0.507 e. The molecule has 2 N–H and O–H groups in total. The maximum absolute atomic E-state index is 12.1. The van der Waals surface area contributed by atoms with Crippen molar-refractivity contribution in [3.05, 3.63) is 59.7 Å². The number of phenols is 1. The van der Waals surface area contributed by atoms with Gasteiger partial charge in [-0.3, -0.25) is 4.79 Å². The van der Waals surface area contributed by atoms with Gasteiger partial charge in [-0.1, -0.05) is 36.0 Å². The standard InChI is InChI=1S/C18H17N3O3S/c1-24-14-8-6-12(7-9-14)10-16-17(23)20-18(25-16)21-19-11-13-4-2-3-5-15(13)22/h2-9,11,16,22H,10H2,1H3,(H,20,21,23)/b19-11+/t16-/m1/s1. The summed E-state index contributed by atoms with van der Waals surface area (Å²) >= 11 is 1.34. The van der Waals surface area contributed by atoms with Crippen molar-refractivity contribution < 1.29 is 14.6 Å². The Balaban J connectivity index is 1.62. The van der Waals surface area contributed by atoms with Crippen LogP contribution in [0.15, 0.2) is 58.7 Å². The van der Waals surface area contributed by atoms with E-state index in [0.29, 0.717) is 17.2 Å². The predicted molar refractivity (Wildman–Crippen MR) is 99.4 cm³/mol. The van der Waals surface area contributed by atoms with Crippen LogP contribution in [0.1, 0.15) is 11.1 Å². The molecule has 0 spiro atoms. The van der Waals surface area contributed by atoms with Gasteiger partial charge in [0, 0.05) is 5.56 Å². The first-order chi connectivity index (χ1) is 12.2. The number of para-hydroxylation sites is 1. The Bertz CT molecular complexity index is 819. The maximum atomic E-state index is 12.1. The number of methoxy groups -OCH3 is 1. The van der Waals surface area contributed by atoms with Gasteiger partial charge in [0.05, 0.1) is 18.6 Å². The first kappa shape index (κ1) is 17.0. The average molecular weight is 355 g/mol. The Kier molecular flexibility index (Phi) is 5.35. The maximum Gasteiger partial charge on any atom is 0.239 e. The summed E-state index contributed by atoms with van der Waals surface area (Å²) in [6, 6.07) is 14.5. The fourth-order valence-electron chi connectivity index (χ4n) is 2.30. The second-order valence-corrected chi connectivity index (χ2v) is 6.55. The van der Waals surface area contributed by atoms with Gasteiger partial charge in [-0.25, -0.2) is 0 Å². The van der Waals surface area contributed by atoms with Gasteiger partial charge in [0.25, 0.3) is 0 Å². The molecular formula is C18H17N3O3S. The first-order valence-electron chi connectivity index (χ1n) is 7.65. The summed E-state index contributed by atoms with van der Waals surface area (Å²) in [5.41, 5.74) is 1.61. The van der Waals surface area contributed by atoms with Gasteiger partial charge >= 0.3 is 0 Å². The number of ether oxygens (including phenoxy) is 1. The minimum Gasteiger partial charge on any atom is -0.507 e. The number of amidine groups is 1. The monoisotopic (exact) mass is 355 g/mol. The molecule has 1 aliphatic rings. The summed E-state index contributed by atoms with van der Waals surface area (Å²) in [5, 5.41) is 20.5. The Morgan fingerprint density at radius 2 is 2.00 bits per heavy atom. The molecule has 2 aromatic carbocycles. The van der Waals surface area contributed by atoms with Gasteiger partial charge in [0.1, 0.15) is 11.5 Å². The number of aromatic hydroxyl groups is 1. The van der Waals surface area contributed by atoms with Crippen molar-refractivity contribution in [2.75, 3.05) is 7.11 Å². The fraction of sp³-hybridized carbons (Fsp3) is 0.167. The molecule has 0 saturated carbocycles. The number of amides is 1. The molecule has 2 aromatic rings. The molecule has 7 heteroatoms. The van der Waals surface area contributed by atoms with Crippen molar-refractivity contribution in [3.8, 4) is 11.5 Å². The highest BCUT2D eigenvalue weighted by molar-refractivity contribution is 8.15. The van der Waals surface area contributed by atoms with Gasteiger partial charge < -0.3 is 15.2 Å². The van der Waals surface area contributed by atoms with Crippen LogP contribution >= 0.6 is 11.8 Å². The summed E-state index contributed by atoms with van der Waals surface area (Å²) in [6.07, 6.45) is 2.05. The molecule has 0 radical (unpaired) electrons. The molecule has 1 fully saturated rings. The highest BCUT2D eigenvalue weighted by Gasteiger charge is 2.30. The Morgan fingerprint density at radius 1 is 1.24 bits per heavy atom. The zero-order chi connectivity index (χ0) is 17.6. The third-order valence-electron chi connectivity index (χ3n) is 3.64. The molecular weight excluding hydrogens is 338 g/mol. The number of benzene rings is 2. The van der Waals surface area contributed by atoms with Gasteiger partial charge in [0.15, 0.2) is 5.17 Å². The van der Waals surface area contributed by atoms with Crippen LogP contribution in [0.3, 0.4) is 0 Å². The van der Waals surface area contributed by atoms with E-state index in [2.05, 4.69) is 15.5 Å². The second kappa shape index (κ2) is 7.85. The van der Waals surface area contributed by atoms with Crippen LogP contribution in [0.2, 0.25) is 0 Å². The lowest BCUT2D eigenvalue weighted by molar-refractivity contribution is -0.118. The van der Waals surface area contributed by atoms with E-state index >= 15 is 0 Å². The highest BCUT2D eigenvalue weighted by atomic mass is 32.2. The van der Waals surface area contributed by atoms with Crippen LogP contribution < -0.4 is 10.1 Å². The minimum absolute atomic E-state index is 0.0858. The van der Waals surface area contributed by atoms with Crippen LogP contribution in [-0.2, 0) is 11.2 Å². The van der Waals surface area contributed by atoms with E-state index < -0.39 is 0 Å². The van der Waals surface area contributed by atoms with E-state index in [1.54, 1.807) is 31.4 Å². The number of hydrogen-bond acceptors (Lipinski definition) is 6. The Labute approximate surface area is 149 Å². The molecule has 3 rings (SSSR count). The summed E-state index contributed by atoms with van der Waals surface area (Å²) in [4.78, 5) is 12.1. The molecule has 0 aliphatic carbocycles. The normalized spacial score (nSPS) is 18.7. The number of nitrogens with zero attached hydrogens (tertiary/aromatic N) is 2. The molecule has 6 nitrogen and oxygen atoms in total. The second-order valence-electron chi connectivity index (χ2n) is 5.36. The fourth-order valence-corrected chi connectivity index (χ4v) is 3.27. The topological polar surface area (TPSA) is 83.3 Å². The summed E-state index contributed by atoms with van der Waals surface area (Å²) < 4.78 is 5.13. The van der Waals surface area contributed by atoms with E-state index in [9.17, 15) is 9.90 Å². The zero-order valence-corrected chi connectivity index (χ0v) is 14.4. The Morgan fingerprint density at radius 3 is 2.72 bits per heavy atom. The molecule has 128 valence electrons. The Hall–Kier alpha value is -2.80. The number of carbonyl (C=O) groups excluding carboxylic acids is 1. The molecule has 1 amide bonds. The van der Waals surface area contributed by atoms with Crippen molar-refractivity contribution in [1.29, 1.82) is 0 Å². The van der Waals surface area contributed by atoms with Crippen LogP contribution in [-0.4, -0.2) is 34.8 Å². The van der Waals surface area contributed by atoms with Crippen LogP contribution in [0.25, 0.3) is 0 Å². The SMILES string of the molecule is COc1ccc(C[C@H]2S/C(=N/N=C/c3ccccc3O)NC2=O)cc1. The first-order valence-corrected chi connectivity index (χ1v) is 8.53. The summed E-state index contributed by atoms with van der Waals surface area (Å²) in [5.74, 6) is 0.831. The minimum atomic E-state index is -0.243. The molecule has 0 unspecified atom stereocenters. The van der Waals surface area contributed by atoms with E-state index in [4.69, 9.17) is 4.74 Å². The van der Waals surface area contributed by atoms with Crippen LogP contribution in [0.5, 0.6) is 11.5 Å². The van der Waals surface area contributed by atoms with E-state index in [-0.39, 0.29) is 16.9 Å². The van der Waals surface area contributed by atoms with Crippen molar-refractivity contribution in [3.63, 3.8) is 0 Å². The lowest BCUT2D eigenvalue weighted by Crippen LogP contribution is -2.25. The molecule has 1 atom stereocenters. The van der Waals surface area contributed by atoms with Crippen molar-refractivity contribution in [2.45, 2.75) is 11.7 Å². The number of nitrogens with one attached hydrogen (secondary N) is 1. The number of carbonyl (C=O) groups is 1. The molecule has 0 aromatic heterocycles. The van der Waals surface area contributed by atoms with E-state index in [1.165, 1.54) is 18.0 Å². The average Bonchev–Trinajstić information content (AvgIpc) is 2.97. The van der Waals surface area contributed by atoms with Crippen molar-refractivity contribution in [1.82, 2.24) is 5.32 Å². The van der Waals surface area contributed by atoms with Gasteiger partial charge in [-0.05, 0) is 36.2 Å². The quantitative estimate of drug-likeness (QED) is 0.638.